The number of carbonyl (C=O) groups is 3. The average Bonchev–Trinajstić information content (AvgIpc) is 3.40. The van der Waals surface area contributed by atoms with E-state index in [1.807, 2.05) is 0 Å². The molecule has 3 heterocycles. The molecule has 37 heavy (non-hydrogen) atoms. The van der Waals surface area contributed by atoms with Gasteiger partial charge in [0.05, 0.1) is 19.8 Å². The van der Waals surface area contributed by atoms with Crippen LogP contribution < -0.4 is 0 Å². The number of esters is 3. The molecule has 0 aromatic rings. The third-order valence-corrected chi connectivity index (χ3v) is 4.43. The van der Waals surface area contributed by atoms with Crippen LogP contribution in [-0.2, 0) is 61.3 Å². The fraction of sp³-hybridized carbons (Fsp3) is 0.500. The third-order valence-electron chi connectivity index (χ3n) is 4.43. The van der Waals surface area contributed by atoms with Crippen molar-refractivity contribution in [3.8, 4) is 0 Å². The van der Waals surface area contributed by atoms with Gasteiger partial charge in [0.2, 0.25) is 17.3 Å². The standard InChI is InChI=1S/3C6H8O6.Y/c3*7-1-2(8)5-3(9)4(10)6(11)12-5;/h3*2,5,7-10H,1H2;/t3*2-,5+;/m000./s1. The Morgan fingerprint density at radius 1 is 0.514 bits per heavy atom. The first-order valence-electron chi connectivity index (χ1n) is 9.59. The predicted molar refractivity (Wildman–Crippen MR) is 106 cm³/mol. The number of aliphatic hydroxyl groups excluding tert-OH is 12. The second-order valence-electron chi connectivity index (χ2n) is 6.93. The molecule has 0 fully saturated rings. The summed E-state index contributed by atoms with van der Waals surface area (Å²) < 4.78 is 12.9. The number of cyclic esters (lactones) is 3. The summed E-state index contributed by atoms with van der Waals surface area (Å²) in [5, 5.41) is 105. The Morgan fingerprint density at radius 3 is 0.811 bits per heavy atom. The SMILES string of the molecule is O=C1O[C@H]([C@@H](O)CO)C(O)=C1O.O=C1O[C@H]([C@@H](O)CO)C(O)=C1O.O=C1O[C@H]([C@@H](O)CO)C(O)=C1O.[Y]. The molecule has 3 aliphatic rings. The second-order valence-corrected chi connectivity index (χ2v) is 6.93. The summed E-state index contributed by atoms with van der Waals surface area (Å²) in [5.74, 6) is -8.34. The van der Waals surface area contributed by atoms with Crippen LogP contribution in [0.5, 0.6) is 0 Å². The summed E-state index contributed by atoms with van der Waals surface area (Å²) in [7, 11) is 0. The fourth-order valence-corrected chi connectivity index (χ4v) is 2.47. The Kier molecular flexibility index (Phi) is 13.8. The van der Waals surface area contributed by atoms with Crippen LogP contribution in [0.3, 0.4) is 0 Å². The zero-order valence-electron chi connectivity index (χ0n) is 18.5. The third kappa shape index (κ3) is 8.14. The summed E-state index contributed by atoms with van der Waals surface area (Å²) in [6, 6.07) is 0. The van der Waals surface area contributed by atoms with Gasteiger partial charge in [-0.1, -0.05) is 0 Å². The fourth-order valence-electron chi connectivity index (χ4n) is 2.47. The minimum atomic E-state index is -1.42. The maximum atomic E-state index is 10.5. The van der Waals surface area contributed by atoms with Crippen molar-refractivity contribution >= 4 is 17.9 Å². The quantitative estimate of drug-likeness (QED) is 0.0992. The number of ether oxygens (including phenoxy) is 3. The Balaban J connectivity index is 0.000000518. The Hall–Kier alpha value is -2.71. The van der Waals surface area contributed by atoms with Gasteiger partial charge in [-0.15, -0.1) is 0 Å². The van der Waals surface area contributed by atoms with E-state index in [9.17, 15) is 14.4 Å². The van der Waals surface area contributed by atoms with Crippen LogP contribution in [0, 0.1) is 0 Å². The molecule has 3 rings (SSSR count). The van der Waals surface area contributed by atoms with E-state index in [0.29, 0.717) is 0 Å². The minimum Gasteiger partial charge on any atom is -0.505 e. The molecular formula is C18H24O18Y. The first-order chi connectivity index (χ1) is 16.7. The normalized spacial score (nSPS) is 25.1. The average molecular weight is 617 g/mol. The van der Waals surface area contributed by atoms with Crippen molar-refractivity contribution in [3.63, 3.8) is 0 Å². The Bertz CT molecular complexity index is 822. The van der Waals surface area contributed by atoms with Gasteiger partial charge in [-0.2, -0.15) is 0 Å². The van der Waals surface area contributed by atoms with Gasteiger partial charge < -0.3 is 75.5 Å². The molecule has 1 radical (unpaired) electrons. The molecule has 0 amide bonds. The second kappa shape index (κ2) is 14.9. The van der Waals surface area contributed by atoms with Crippen molar-refractivity contribution < 1.29 is 123 Å². The van der Waals surface area contributed by atoms with Crippen LogP contribution in [0.15, 0.2) is 34.6 Å². The number of aliphatic hydroxyl groups is 12. The van der Waals surface area contributed by atoms with E-state index in [1.165, 1.54) is 0 Å². The molecule has 6 atom stereocenters. The molecule has 0 aromatic carbocycles. The van der Waals surface area contributed by atoms with Crippen LogP contribution >= 0.6 is 0 Å². The van der Waals surface area contributed by atoms with Crippen molar-refractivity contribution in [1.29, 1.82) is 0 Å². The topological polar surface area (TPSA) is 322 Å². The number of hydrogen-bond acceptors (Lipinski definition) is 18. The van der Waals surface area contributed by atoms with Gasteiger partial charge in [0.1, 0.15) is 18.3 Å². The first-order valence-corrected chi connectivity index (χ1v) is 9.59. The van der Waals surface area contributed by atoms with Crippen molar-refractivity contribution in [3.05, 3.63) is 34.6 Å². The molecule has 207 valence electrons. The molecule has 3 aliphatic heterocycles. The van der Waals surface area contributed by atoms with E-state index in [4.69, 9.17) is 61.3 Å². The number of rotatable bonds is 6. The molecule has 18 nitrogen and oxygen atoms in total. The van der Waals surface area contributed by atoms with Crippen molar-refractivity contribution in [2.75, 3.05) is 19.8 Å². The largest absolute Gasteiger partial charge is 0.505 e. The summed E-state index contributed by atoms with van der Waals surface area (Å²) >= 11 is 0. The van der Waals surface area contributed by atoms with Crippen LogP contribution in [0.25, 0.3) is 0 Å². The molecule has 12 N–H and O–H groups in total. The Morgan fingerprint density at radius 2 is 0.703 bits per heavy atom. The van der Waals surface area contributed by atoms with Gasteiger partial charge in [-0.25, -0.2) is 14.4 Å². The zero-order valence-corrected chi connectivity index (χ0v) is 21.3. The van der Waals surface area contributed by atoms with Gasteiger partial charge in [0.25, 0.3) is 0 Å². The molecule has 0 spiro atoms. The molecule has 0 unspecified atom stereocenters. The summed E-state index contributed by atoms with van der Waals surface area (Å²) in [6.45, 7) is -2.01. The summed E-state index contributed by atoms with van der Waals surface area (Å²) in [4.78, 5) is 31.6. The van der Waals surface area contributed by atoms with E-state index < -0.39 is 109 Å². The maximum absolute atomic E-state index is 10.5. The van der Waals surface area contributed by atoms with E-state index >= 15 is 0 Å². The van der Waals surface area contributed by atoms with Crippen LogP contribution in [0.2, 0.25) is 0 Å². The molecule has 0 saturated carbocycles. The smallest absolute Gasteiger partial charge is 0.377 e. The molecular weight excluding hydrogens is 593 g/mol. The van der Waals surface area contributed by atoms with E-state index in [2.05, 4.69) is 14.2 Å². The van der Waals surface area contributed by atoms with Gasteiger partial charge in [0.15, 0.2) is 35.6 Å². The summed E-state index contributed by atoms with van der Waals surface area (Å²) in [6.07, 6.45) is -8.33. The number of carbonyl (C=O) groups excluding carboxylic acids is 3. The van der Waals surface area contributed by atoms with Gasteiger partial charge in [-0.3, -0.25) is 0 Å². The molecule has 19 heteroatoms. The van der Waals surface area contributed by atoms with Crippen LogP contribution in [-0.4, -0.2) is 136 Å². The van der Waals surface area contributed by atoms with Crippen molar-refractivity contribution in [1.82, 2.24) is 0 Å². The minimum absolute atomic E-state index is 0. The van der Waals surface area contributed by atoms with Gasteiger partial charge in [0, 0.05) is 32.7 Å². The van der Waals surface area contributed by atoms with Gasteiger partial charge in [-0.05, 0) is 0 Å². The molecule has 0 aliphatic carbocycles. The van der Waals surface area contributed by atoms with E-state index in [1.54, 1.807) is 0 Å². The molecule has 0 aromatic heterocycles. The van der Waals surface area contributed by atoms with Crippen LogP contribution in [0.4, 0.5) is 0 Å². The monoisotopic (exact) mass is 617 g/mol. The number of hydrogen-bond donors (Lipinski definition) is 12. The zero-order chi connectivity index (χ0) is 27.9. The maximum Gasteiger partial charge on any atom is 0.377 e. The summed E-state index contributed by atoms with van der Waals surface area (Å²) in [5.41, 5.74) is 0. The first kappa shape index (κ1) is 34.3. The van der Waals surface area contributed by atoms with E-state index in [0.717, 1.165) is 0 Å². The van der Waals surface area contributed by atoms with Crippen LogP contribution in [0.1, 0.15) is 0 Å². The van der Waals surface area contributed by atoms with E-state index in [-0.39, 0.29) is 32.7 Å². The molecule has 0 bridgehead atoms. The Labute approximate surface area is 231 Å². The van der Waals surface area contributed by atoms with Crippen molar-refractivity contribution in [2.45, 2.75) is 36.6 Å². The predicted octanol–water partition coefficient (Wildman–Crippen LogP) is -4.22. The van der Waals surface area contributed by atoms with Crippen molar-refractivity contribution in [2.24, 2.45) is 0 Å². The molecule has 0 saturated heterocycles. The van der Waals surface area contributed by atoms with Gasteiger partial charge >= 0.3 is 17.9 Å².